The van der Waals surface area contributed by atoms with Crippen molar-refractivity contribution < 1.29 is 9.47 Å². The van der Waals surface area contributed by atoms with Crippen molar-refractivity contribution in [3.8, 4) is 0 Å². The molecule has 0 aromatic heterocycles. The van der Waals surface area contributed by atoms with Crippen LogP contribution in [0.15, 0.2) is 60.7 Å². The normalized spacial score (nSPS) is 23.9. The summed E-state index contributed by atoms with van der Waals surface area (Å²) in [5.74, 6) is -0.631. The number of hydrogen-bond acceptors (Lipinski definition) is 4. The van der Waals surface area contributed by atoms with Gasteiger partial charge in [0.05, 0.1) is 0 Å². The Balaban J connectivity index is 1.78. The third kappa shape index (κ3) is 5.39. The third-order valence-corrected chi connectivity index (χ3v) is 5.06. The van der Waals surface area contributed by atoms with E-state index in [1.807, 2.05) is 38.1 Å². The number of hydrogen-bond donors (Lipinski definition) is 2. The van der Waals surface area contributed by atoms with Gasteiger partial charge in [-0.25, -0.2) is 0 Å². The molecule has 0 spiro atoms. The second kappa shape index (κ2) is 8.98. The van der Waals surface area contributed by atoms with Gasteiger partial charge in [0.2, 0.25) is 0 Å². The minimum absolute atomic E-state index is 0.0983. The van der Waals surface area contributed by atoms with Gasteiger partial charge in [0.1, 0.15) is 12.2 Å². The molecule has 0 amide bonds. The SMILES string of the molecule is CCNC(Cc1ccccc1)C1OC(C)(C)OC1C(N)Cc1ccccc1. The van der Waals surface area contributed by atoms with E-state index in [1.54, 1.807) is 0 Å². The molecule has 4 heteroatoms. The summed E-state index contributed by atoms with van der Waals surface area (Å²) in [6.07, 6.45) is 1.39. The number of nitrogens with two attached hydrogens (primary N) is 1. The van der Waals surface area contributed by atoms with E-state index in [-0.39, 0.29) is 24.3 Å². The first-order valence-corrected chi connectivity index (χ1v) is 9.91. The van der Waals surface area contributed by atoms with Crippen LogP contribution < -0.4 is 11.1 Å². The molecule has 0 saturated carbocycles. The van der Waals surface area contributed by atoms with E-state index < -0.39 is 5.79 Å². The van der Waals surface area contributed by atoms with Gasteiger partial charge in [0, 0.05) is 12.1 Å². The molecule has 3 rings (SSSR count). The highest BCUT2D eigenvalue weighted by Gasteiger charge is 2.47. The predicted molar refractivity (Wildman–Crippen MR) is 110 cm³/mol. The molecule has 4 nitrogen and oxygen atoms in total. The summed E-state index contributed by atoms with van der Waals surface area (Å²) in [5.41, 5.74) is 9.12. The van der Waals surface area contributed by atoms with Crippen LogP contribution in [0.3, 0.4) is 0 Å². The van der Waals surface area contributed by atoms with Gasteiger partial charge in [0.25, 0.3) is 0 Å². The quantitative estimate of drug-likeness (QED) is 0.751. The summed E-state index contributed by atoms with van der Waals surface area (Å²) in [6.45, 7) is 6.94. The highest BCUT2D eigenvalue weighted by Crippen LogP contribution is 2.33. The monoisotopic (exact) mass is 368 g/mol. The van der Waals surface area contributed by atoms with Crippen molar-refractivity contribution in [1.82, 2.24) is 5.32 Å². The molecule has 146 valence electrons. The predicted octanol–water partition coefficient (Wildman–Crippen LogP) is 3.30. The first-order valence-electron chi connectivity index (χ1n) is 9.91. The summed E-state index contributed by atoms with van der Waals surface area (Å²) in [6, 6.07) is 20.9. The molecular weight excluding hydrogens is 336 g/mol. The Kier molecular flexibility index (Phi) is 6.66. The van der Waals surface area contributed by atoms with Crippen LogP contribution in [0.2, 0.25) is 0 Å². The van der Waals surface area contributed by atoms with Crippen molar-refractivity contribution in [2.24, 2.45) is 5.73 Å². The number of nitrogens with one attached hydrogen (secondary N) is 1. The summed E-state index contributed by atoms with van der Waals surface area (Å²) in [7, 11) is 0. The molecule has 0 bridgehead atoms. The topological polar surface area (TPSA) is 56.5 Å². The van der Waals surface area contributed by atoms with Crippen LogP contribution in [-0.4, -0.2) is 36.6 Å². The van der Waals surface area contributed by atoms with E-state index in [1.165, 1.54) is 11.1 Å². The summed E-state index contributed by atoms with van der Waals surface area (Å²) in [5, 5.41) is 3.60. The van der Waals surface area contributed by atoms with Gasteiger partial charge in [-0.05, 0) is 44.4 Å². The van der Waals surface area contributed by atoms with Crippen molar-refractivity contribution >= 4 is 0 Å². The molecule has 2 aromatic rings. The molecular formula is C23H32N2O2. The molecule has 1 aliphatic rings. The first kappa shape index (κ1) is 20.0. The number of rotatable bonds is 8. The molecule has 3 N–H and O–H groups in total. The molecule has 0 radical (unpaired) electrons. The summed E-state index contributed by atoms with van der Waals surface area (Å²) < 4.78 is 12.6. The lowest BCUT2D eigenvalue weighted by molar-refractivity contribution is -0.149. The summed E-state index contributed by atoms with van der Waals surface area (Å²) in [4.78, 5) is 0. The van der Waals surface area contributed by atoms with E-state index in [0.29, 0.717) is 0 Å². The van der Waals surface area contributed by atoms with Gasteiger partial charge in [-0.3, -0.25) is 0 Å². The van der Waals surface area contributed by atoms with Crippen LogP contribution in [0.25, 0.3) is 0 Å². The Labute approximate surface area is 163 Å². The fraction of sp³-hybridized carbons (Fsp3) is 0.478. The fourth-order valence-electron chi connectivity index (χ4n) is 3.90. The Morgan fingerprint density at radius 3 is 1.96 bits per heavy atom. The average Bonchev–Trinajstić information content (AvgIpc) is 2.99. The van der Waals surface area contributed by atoms with Crippen LogP contribution in [0.4, 0.5) is 0 Å². The number of likely N-dealkylation sites (N-methyl/N-ethyl adjacent to an activating group) is 1. The maximum atomic E-state index is 6.62. The Hall–Kier alpha value is -1.72. The largest absolute Gasteiger partial charge is 0.343 e. The smallest absolute Gasteiger partial charge is 0.163 e. The van der Waals surface area contributed by atoms with Crippen molar-refractivity contribution in [2.45, 2.75) is 63.7 Å². The van der Waals surface area contributed by atoms with Crippen LogP contribution in [0, 0.1) is 0 Å². The first-order chi connectivity index (χ1) is 13.0. The Morgan fingerprint density at radius 2 is 1.41 bits per heavy atom. The zero-order valence-electron chi connectivity index (χ0n) is 16.6. The lowest BCUT2D eigenvalue weighted by Crippen LogP contribution is -2.52. The highest BCUT2D eigenvalue weighted by molar-refractivity contribution is 5.19. The van der Waals surface area contributed by atoms with Crippen LogP contribution >= 0.6 is 0 Å². The van der Waals surface area contributed by atoms with Gasteiger partial charge in [-0.15, -0.1) is 0 Å². The number of ether oxygens (including phenoxy) is 2. The van der Waals surface area contributed by atoms with E-state index in [4.69, 9.17) is 15.2 Å². The maximum Gasteiger partial charge on any atom is 0.163 e. The molecule has 4 unspecified atom stereocenters. The van der Waals surface area contributed by atoms with E-state index in [9.17, 15) is 0 Å². The molecule has 27 heavy (non-hydrogen) atoms. The zero-order chi connectivity index (χ0) is 19.3. The standard InChI is InChI=1S/C23H32N2O2/c1-4-25-20(16-18-13-9-6-10-14-18)22-21(26-23(2,3)27-22)19(24)15-17-11-7-5-8-12-17/h5-14,19-22,25H,4,15-16,24H2,1-3H3. The second-order valence-corrected chi connectivity index (χ2v) is 7.77. The van der Waals surface area contributed by atoms with E-state index >= 15 is 0 Å². The number of benzene rings is 2. The molecule has 4 atom stereocenters. The van der Waals surface area contributed by atoms with Gasteiger partial charge in [-0.1, -0.05) is 67.6 Å². The Morgan fingerprint density at radius 1 is 0.889 bits per heavy atom. The molecule has 2 aromatic carbocycles. The average molecular weight is 369 g/mol. The van der Waals surface area contributed by atoms with Crippen LogP contribution in [-0.2, 0) is 22.3 Å². The van der Waals surface area contributed by atoms with Gasteiger partial charge >= 0.3 is 0 Å². The van der Waals surface area contributed by atoms with Crippen molar-refractivity contribution in [1.29, 1.82) is 0 Å². The van der Waals surface area contributed by atoms with Crippen molar-refractivity contribution in [3.63, 3.8) is 0 Å². The minimum atomic E-state index is -0.631. The summed E-state index contributed by atoms with van der Waals surface area (Å²) >= 11 is 0. The van der Waals surface area contributed by atoms with E-state index in [0.717, 1.165) is 19.4 Å². The molecule has 1 fully saturated rings. The zero-order valence-corrected chi connectivity index (χ0v) is 16.6. The maximum absolute atomic E-state index is 6.62. The lowest BCUT2D eigenvalue weighted by atomic mass is 9.92. The van der Waals surface area contributed by atoms with E-state index in [2.05, 4.69) is 48.6 Å². The van der Waals surface area contributed by atoms with Crippen LogP contribution in [0.1, 0.15) is 31.9 Å². The molecule has 0 aliphatic carbocycles. The lowest BCUT2D eigenvalue weighted by Gasteiger charge is -2.30. The highest BCUT2D eigenvalue weighted by atomic mass is 16.8. The van der Waals surface area contributed by atoms with Gasteiger partial charge in [-0.2, -0.15) is 0 Å². The van der Waals surface area contributed by atoms with Gasteiger partial charge < -0.3 is 20.5 Å². The molecule has 1 heterocycles. The third-order valence-electron chi connectivity index (χ3n) is 5.06. The second-order valence-electron chi connectivity index (χ2n) is 7.77. The minimum Gasteiger partial charge on any atom is -0.343 e. The Bertz CT molecular complexity index is 690. The van der Waals surface area contributed by atoms with Crippen molar-refractivity contribution in [3.05, 3.63) is 71.8 Å². The molecule has 1 aliphatic heterocycles. The van der Waals surface area contributed by atoms with Crippen molar-refractivity contribution in [2.75, 3.05) is 6.54 Å². The fourth-order valence-corrected chi connectivity index (χ4v) is 3.90. The van der Waals surface area contributed by atoms with Crippen LogP contribution in [0.5, 0.6) is 0 Å². The van der Waals surface area contributed by atoms with Gasteiger partial charge in [0.15, 0.2) is 5.79 Å². The molecule has 1 saturated heterocycles.